The summed E-state index contributed by atoms with van der Waals surface area (Å²) in [6.45, 7) is 5.41. The zero-order valence-electron chi connectivity index (χ0n) is 14.8. The lowest BCUT2D eigenvalue weighted by Gasteiger charge is -2.16. The number of likely N-dealkylation sites (tertiary alicyclic amines) is 1. The molecule has 7 heteroatoms. The Kier molecular flexibility index (Phi) is 5.23. The van der Waals surface area contributed by atoms with E-state index >= 15 is 0 Å². The van der Waals surface area contributed by atoms with Crippen LogP contribution in [0.3, 0.4) is 0 Å². The number of amides is 1. The van der Waals surface area contributed by atoms with Gasteiger partial charge in [0.25, 0.3) is 0 Å². The number of hydrogen-bond acceptors (Lipinski definition) is 6. The first-order chi connectivity index (χ1) is 12.1. The number of hydrogen-bond donors (Lipinski definition) is 1. The Hall–Kier alpha value is -2.54. The number of rotatable bonds is 5. The molecule has 3 rings (SSSR count). The van der Waals surface area contributed by atoms with Crippen molar-refractivity contribution in [2.75, 3.05) is 32.1 Å². The highest BCUT2D eigenvalue weighted by Gasteiger charge is 2.28. The molecule has 0 bridgehead atoms. The van der Waals surface area contributed by atoms with Crippen LogP contribution in [0.15, 0.2) is 24.4 Å². The van der Waals surface area contributed by atoms with E-state index < -0.39 is 0 Å². The predicted molar refractivity (Wildman–Crippen MR) is 94.8 cm³/mol. The number of nitrogens with one attached hydrogen (secondary N) is 1. The number of aryl methyl sites for hydroxylation is 2. The van der Waals surface area contributed by atoms with Gasteiger partial charge in [0.1, 0.15) is 24.1 Å². The van der Waals surface area contributed by atoms with Gasteiger partial charge in [-0.3, -0.25) is 4.79 Å². The standard InChI is InChI=1S/C18H23N5O2/c1-12-5-4-7-19-18(12)22-16-9-15(20-13(2)21-16)14-6-8-23(10-14)17(24)11-25-3/h4-5,7,9,14H,6,8,10-11H2,1-3H3,(H,19,20,21,22)/t14-/m1/s1. The van der Waals surface area contributed by atoms with Crippen LogP contribution >= 0.6 is 0 Å². The van der Waals surface area contributed by atoms with Gasteiger partial charge in [0.05, 0.1) is 5.69 Å². The van der Waals surface area contributed by atoms with Gasteiger partial charge in [-0.2, -0.15) is 0 Å². The Bertz CT molecular complexity index is 765. The fraction of sp³-hybridized carbons (Fsp3) is 0.444. The van der Waals surface area contributed by atoms with E-state index in [1.165, 1.54) is 7.11 Å². The molecule has 3 heterocycles. The summed E-state index contributed by atoms with van der Waals surface area (Å²) in [6, 6.07) is 5.86. The molecule has 7 nitrogen and oxygen atoms in total. The van der Waals surface area contributed by atoms with Crippen molar-refractivity contribution < 1.29 is 9.53 Å². The van der Waals surface area contributed by atoms with Crippen LogP contribution in [0.1, 0.15) is 29.4 Å². The van der Waals surface area contributed by atoms with Crippen molar-refractivity contribution >= 4 is 17.5 Å². The number of nitrogens with zero attached hydrogens (tertiary/aromatic N) is 4. The molecule has 1 aliphatic heterocycles. The second-order valence-corrected chi connectivity index (χ2v) is 6.28. The molecule has 0 unspecified atom stereocenters. The summed E-state index contributed by atoms with van der Waals surface area (Å²) in [4.78, 5) is 27.2. The summed E-state index contributed by atoms with van der Waals surface area (Å²) >= 11 is 0. The first kappa shape index (κ1) is 17.3. The molecule has 0 radical (unpaired) electrons. The first-order valence-electron chi connectivity index (χ1n) is 8.37. The predicted octanol–water partition coefficient (Wildman–Crippen LogP) is 2.19. The maximum atomic E-state index is 12.0. The van der Waals surface area contributed by atoms with Gasteiger partial charge in [0.2, 0.25) is 5.91 Å². The highest BCUT2D eigenvalue weighted by Crippen LogP contribution is 2.28. The van der Waals surface area contributed by atoms with Gasteiger partial charge in [-0.25, -0.2) is 15.0 Å². The fourth-order valence-electron chi connectivity index (χ4n) is 3.04. The van der Waals surface area contributed by atoms with Crippen molar-refractivity contribution in [1.82, 2.24) is 19.9 Å². The van der Waals surface area contributed by atoms with E-state index in [-0.39, 0.29) is 18.4 Å². The summed E-state index contributed by atoms with van der Waals surface area (Å²) in [7, 11) is 1.54. The summed E-state index contributed by atoms with van der Waals surface area (Å²) in [5, 5.41) is 3.27. The quantitative estimate of drug-likeness (QED) is 0.898. The number of pyridine rings is 1. The minimum Gasteiger partial charge on any atom is -0.375 e. The van der Waals surface area contributed by atoms with Crippen LogP contribution < -0.4 is 5.32 Å². The van der Waals surface area contributed by atoms with Gasteiger partial charge in [0.15, 0.2) is 0 Å². The maximum Gasteiger partial charge on any atom is 0.248 e. The zero-order valence-corrected chi connectivity index (χ0v) is 14.8. The third-order valence-corrected chi connectivity index (χ3v) is 4.34. The number of aromatic nitrogens is 3. The number of carbonyl (C=O) groups is 1. The minimum atomic E-state index is 0.0261. The number of methoxy groups -OCH3 is 1. The molecule has 1 fully saturated rings. The van der Waals surface area contributed by atoms with Crippen LogP contribution in [-0.2, 0) is 9.53 Å². The highest BCUT2D eigenvalue weighted by atomic mass is 16.5. The maximum absolute atomic E-state index is 12.0. The van der Waals surface area contributed by atoms with E-state index in [9.17, 15) is 4.79 Å². The number of ether oxygens (including phenoxy) is 1. The summed E-state index contributed by atoms with van der Waals surface area (Å²) < 4.78 is 4.94. The van der Waals surface area contributed by atoms with Crippen LogP contribution in [0.25, 0.3) is 0 Å². The SMILES string of the molecule is COCC(=O)N1CC[C@@H](c2cc(Nc3ncccc3C)nc(C)n2)C1. The second-order valence-electron chi connectivity index (χ2n) is 6.28. The summed E-state index contributed by atoms with van der Waals surface area (Å²) in [6.07, 6.45) is 2.65. The molecule has 132 valence electrons. The molecule has 0 aromatic carbocycles. The molecule has 0 spiro atoms. The van der Waals surface area contributed by atoms with Gasteiger partial charge in [-0.15, -0.1) is 0 Å². The van der Waals surface area contributed by atoms with Crippen LogP contribution in [-0.4, -0.2) is 52.6 Å². The van der Waals surface area contributed by atoms with Gasteiger partial charge < -0.3 is 15.0 Å². The van der Waals surface area contributed by atoms with Crippen molar-refractivity contribution in [3.63, 3.8) is 0 Å². The molecule has 2 aromatic rings. The molecule has 1 saturated heterocycles. The second kappa shape index (κ2) is 7.57. The molecule has 0 saturated carbocycles. The molecule has 1 atom stereocenters. The van der Waals surface area contributed by atoms with E-state index in [1.54, 1.807) is 6.20 Å². The Morgan fingerprint density at radius 1 is 1.40 bits per heavy atom. The minimum absolute atomic E-state index is 0.0261. The zero-order chi connectivity index (χ0) is 17.8. The van der Waals surface area contributed by atoms with Crippen molar-refractivity contribution in [3.8, 4) is 0 Å². The van der Waals surface area contributed by atoms with Crippen LogP contribution in [0.4, 0.5) is 11.6 Å². The molecule has 25 heavy (non-hydrogen) atoms. The van der Waals surface area contributed by atoms with Crippen molar-refractivity contribution in [3.05, 3.63) is 41.5 Å². The van der Waals surface area contributed by atoms with Gasteiger partial charge >= 0.3 is 0 Å². The number of carbonyl (C=O) groups excluding carboxylic acids is 1. The van der Waals surface area contributed by atoms with Crippen LogP contribution in [0, 0.1) is 13.8 Å². The Balaban J connectivity index is 1.76. The Labute approximate surface area is 147 Å². The van der Waals surface area contributed by atoms with E-state index in [2.05, 4.69) is 20.3 Å². The van der Waals surface area contributed by atoms with E-state index in [0.717, 1.165) is 35.9 Å². The molecule has 1 N–H and O–H groups in total. The fourth-order valence-corrected chi connectivity index (χ4v) is 3.04. The average Bonchev–Trinajstić information content (AvgIpc) is 3.07. The van der Waals surface area contributed by atoms with Crippen LogP contribution in [0.2, 0.25) is 0 Å². The lowest BCUT2D eigenvalue weighted by Crippen LogP contribution is -2.31. The average molecular weight is 341 g/mol. The molecule has 0 aliphatic carbocycles. The van der Waals surface area contributed by atoms with Gasteiger partial charge in [-0.05, 0) is 31.9 Å². The van der Waals surface area contributed by atoms with Crippen molar-refractivity contribution in [2.45, 2.75) is 26.2 Å². The summed E-state index contributed by atoms with van der Waals surface area (Å²) in [5.74, 6) is 2.46. The van der Waals surface area contributed by atoms with E-state index in [0.29, 0.717) is 12.4 Å². The third-order valence-electron chi connectivity index (χ3n) is 4.34. The lowest BCUT2D eigenvalue weighted by atomic mass is 10.0. The molecular weight excluding hydrogens is 318 g/mol. The lowest BCUT2D eigenvalue weighted by molar-refractivity contribution is -0.134. The molecular formula is C18H23N5O2. The Morgan fingerprint density at radius 3 is 3.00 bits per heavy atom. The van der Waals surface area contributed by atoms with Crippen LogP contribution in [0.5, 0.6) is 0 Å². The summed E-state index contributed by atoms with van der Waals surface area (Å²) in [5.41, 5.74) is 2.01. The molecule has 1 aliphatic rings. The normalized spacial score (nSPS) is 16.9. The van der Waals surface area contributed by atoms with Gasteiger partial charge in [-0.1, -0.05) is 6.07 Å². The largest absolute Gasteiger partial charge is 0.375 e. The smallest absolute Gasteiger partial charge is 0.248 e. The van der Waals surface area contributed by atoms with Gasteiger partial charge in [0, 0.05) is 38.4 Å². The first-order valence-corrected chi connectivity index (χ1v) is 8.37. The number of anilines is 2. The Morgan fingerprint density at radius 2 is 2.24 bits per heavy atom. The van der Waals surface area contributed by atoms with Crippen molar-refractivity contribution in [1.29, 1.82) is 0 Å². The monoisotopic (exact) mass is 341 g/mol. The topological polar surface area (TPSA) is 80.2 Å². The van der Waals surface area contributed by atoms with E-state index in [4.69, 9.17) is 4.74 Å². The van der Waals surface area contributed by atoms with Crippen molar-refractivity contribution in [2.24, 2.45) is 0 Å². The van der Waals surface area contributed by atoms with E-state index in [1.807, 2.05) is 36.9 Å². The molecule has 1 amide bonds. The third kappa shape index (κ3) is 4.11. The highest BCUT2D eigenvalue weighted by molar-refractivity contribution is 5.77. The molecule has 2 aromatic heterocycles.